The van der Waals surface area contributed by atoms with Gasteiger partial charge in [-0.1, -0.05) is 27.2 Å². The molecule has 2 N–H and O–H groups in total. The SMILES string of the molecule is CCCCOCCNCC(O)C(C)C. The first kappa shape index (κ1) is 13.9. The minimum absolute atomic E-state index is 0.245. The zero-order chi connectivity index (χ0) is 10.8. The lowest BCUT2D eigenvalue weighted by Crippen LogP contribution is -2.32. The third-order valence-electron chi connectivity index (χ3n) is 2.19. The van der Waals surface area contributed by atoms with Gasteiger partial charge in [-0.25, -0.2) is 0 Å². The maximum atomic E-state index is 9.46. The van der Waals surface area contributed by atoms with Crippen LogP contribution in [0.1, 0.15) is 33.6 Å². The normalized spacial score (nSPS) is 13.5. The summed E-state index contributed by atoms with van der Waals surface area (Å²) in [5.74, 6) is 0.323. The third-order valence-corrected chi connectivity index (χ3v) is 2.19. The molecular formula is C11H25NO2. The zero-order valence-corrected chi connectivity index (χ0v) is 9.75. The Bertz CT molecular complexity index is 118. The van der Waals surface area contributed by atoms with E-state index in [1.165, 1.54) is 6.42 Å². The molecule has 86 valence electrons. The predicted octanol–water partition coefficient (Wildman–Crippen LogP) is 1.41. The minimum atomic E-state index is -0.245. The van der Waals surface area contributed by atoms with Gasteiger partial charge in [-0.15, -0.1) is 0 Å². The topological polar surface area (TPSA) is 41.5 Å². The van der Waals surface area contributed by atoms with E-state index < -0.39 is 0 Å². The molecule has 0 aromatic carbocycles. The molecule has 0 aliphatic heterocycles. The number of ether oxygens (including phenoxy) is 1. The van der Waals surface area contributed by atoms with Gasteiger partial charge in [0.15, 0.2) is 0 Å². The molecule has 0 rings (SSSR count). The van der Waals surface area contributed by atoms with E-state index >= 15 is 0 Å². The summed E-state index contributed by atoms with van der Waals surface area (Å²) < 4.78 is 5.37. The first-order valence-corrected chi connectivity index (χ1v) is 5.65. The van der Waals surface area contributed by atoms with E-state index in [2.05, 4.69) is 12.2 Å². The molecule has 0 spiro atoms. The van der Waals surface area contributed by atoms with E-state index in [4.69, 9.17) is 4.74 Å². The highest BCUT2D eigenvalue weighted by atomic mass is 16.5. The van der Waals surface area contributed by atoms with Crippen molar-refractivity contribution in [3.05, 3.63) is 0 Å². The first-order chi connectivity index (χ1) is 6.68. The molecule has 3 heteroatoms. The summed E-state index contributed by atoms with van der Waals surface area (Å²) in [6.07, 6.45) is 2.07. The van der Waals surface area contributed by atoms with Crippen LogP contribution in [0.4, 0.5) is 0 Å². The van der Waals surface area contributed by atoms with Gasteiger partial charge in [0, 0.05) is 19.7 Å². The van der Waals surface area contributed by atoms with Gasteiger partial charge >= 0.3 is 0 Å². The molecule has 0 amide bonds. The van der Waals surface area contributed by atoms with E-state index in [9.17, 15) is 5.11 Å². The smallest absolute Gasteiger partial charge is 0.0687 e. The molecule has 1 unspecified atom stereocenters. The Kier molecular flexibility index (Phi) is 9.35. The largest absolute Gasteiger partial charge is 0.392 e. The van der Waals surface area contributed by atoms with Crippen LogP contribution in [-0.2, 0) is 4.74 Å². The zero-order valence-electron chi connectivity index (χ0n) is 9.75. The molecule has 1 atom stereocenters. The number of nitrogens with one attached hydrogen (secondary N) is 1. The van der Waals surface area contributed by atoms with E-state index in [0.29, 0.717) is 12.5 Å². The lowest BCUT2D eigenvalue weighted by molar-refractivity contribution is 0.109. The summed E-state index contributed by atoms with van der Waals surface area (Å²) in [5, 5.41) is 12.6. The number of aliphatic hydroxyl groups is 1. The minimum Gasteiger partial charge on any atom is -0.392 e. The Morgan fingerprint density at radius 3 is 2.57 bits per heavy atom. The van der Waals surface area contributed by atoms with Crippen molar-refractivity contribution in [3.63, 3.8) is 0 Å². The number of aliphatic hydroxyl groups excluding tert-OH is 1. The fourth-order valence-corrected chi connectivity index (χ4v) is 0.978. The number of hydrogen-bond acceptors (Lipinski definition) is 3. The highest BCUT2D eigenvalue weighted by Crippen LogP contribution is 1.98. The second kappa shape index (κ2) is 9.44. The van der Waals surface area contributed by atoms with Gasteiger partial charge in [0.05, 0.1) is 12.7 Å². The van der Waals surface area contributed by atoms with Crippen LogP contribution in [0, 0.1) is 5.92 Å². The van der Waals surface area contributed by atoms with Crippen molar-refractivity contribution in [1.82, 2.24) is 5.32 Å². The van der Waals surface area contributed by atoms with E-state index in [-0.39, 0.29) is 6.10 Å². The van der Waals surface area contributed by atoms with Crippen LogP contribution in [0.3, 0.4) is 0 Å². The molecule has 0 aliphatic rings. The molecule has 0 saturated carbocycles. The highest BCUT2D eigenvalue weighted by Gasteiger charge is 2.07. The van der Waals surface area contributed by atoms with Crippen molar-refractivity contribution < 1.29 is 9.84 Å². The number of unbranched alkanes of at least 4 members (excludes halogenated alkanes) is 1. The molecule has 0 radical (unpaired) electrons. The monoisotopic (exact) mass is 203 g/mol. The lowest BCUT2D eigenvalue weighted by Gasteiger charge is -2.14. The first-order valence-electron chi connectivity index (χ1n) is 5.65. The van der Waals surface area contributed by atoms with Gasteiger partial charge < -0.3 is 15.2 Å². The quantitative estimate of drug-likeness (QED) is 0.557. The van der Waals surface area contributed by atoms with Gasteiger partial charge in [0.1, 0.15) is 0 Å². The van der Waals surface area contributed by atoms with Gasteiger partial charge in [0.2, 0.25) is 0 Å². The van der Waals surface area contributed by atoms with Crippen molar-refractivity contribution >= 4 is 0 Å². The van der Waals surface area contributed by atoms with Gasteiger partial charge in [-0.2, -0.15) is 0 Å². The molecule has 0 saturated heterocycles. The summed E-state index contributed by atoms with van der Waals surface area (Å²) in [4.78, 5) is 0. The average Bonchev–Trinajstić information content (AvgIpc) is 2.16. The average molecular weight is 203 g/mol. The van der Waals surface area contributed by atoms with Crippen molar-refractivity contribution in [2.24, 2.45) is 5.92 Å². The molecule has 0 aromatic heterocycles. The second-order valence-corrected chi connectivity index (χ2v) is 3.98. The summed E-state index contributed by atoms with van der Waals surface area (Å²) in [6, 6.07) is 0. The summed E-state index contributed by atoms with van der Waals surface area (Å²) in [5.41, 5.74) is 0. The van der Waals surface area contributed by atoms with E-state index in [1.54, 1.807) is 0 Å². The number of rotatable bonds is 9. The highest BCUT2D eigenvalue weighted by molar-refractivity contribution is 4.62. The summed E-state index contributed by atoms with van der Waals surface area (Å²) >= 11 is 0. The van der Waals surface area contributed by atoms with Crippen LogP contribution in [0.15, 0.2) is 0 Å². The number of hydrogen-bond donors (Lipinski definition) is 2. The van der Waals surface area contributed by atoms with Crippen LogP contribution < -0.4 is 5.32 Å². The standard InChI is InChI=1S/C11H25NO2/c1-4-5-7-14-8-6-12-9-11(13)10(2)3/h10-13H,4-9H2,1-3H3. The van der Waals surface area contributed by atoms with E-state index in [1.807, 2.05) is 13.8 Å². The molecule has 3 nitrogen and oxygen atoms in total. The fraction of sp³-hybridized carbons (Fsp3) is 1.00. The van der Waals surface area contributed by atoms with Crippen LogP contribution in [-0.4, -0.2) is 37.5 Å². The summed E-state index contributed by atoms with van der Waals surface area (Å²) in [6.45, 7) is 9.27. The van der Waals surface area contributed by atoms with Gasteiger partial charge in [-0.3, -0.25) is 0 Å². The Morgan fingerprint density at radius 1 is 1.29 bits per heavy atom. The van der Waals surface area contributed by atoms with Crippen molar-refractivity contribution in [2.45, 2.75) is 39.7 Å². The molecule has 0 heterocycles. The lowest BCUT2D eigenvalue weighted by atomic mass is 10.1. The summed E-state index contributed by atoms with van der Waals surface area (Å²) in [7, 11) is 0. The Balaban J connectivity index is 3.06. The van der Waals surface area contributed by atoms with Crippen LogP contribution in [0.25, 0.3) is 0 Å². The third kappa shape index (κ3) is 8.48. The van der Waals surface area contributed by atoms with Crippen molar-refractivity contribution in [2.75, 3.05) is 26.3 Å². The Hall–Kier alpha value is -0.120. The van der Waals surface area contributed by atoms with Gasteiger partial charge in [0.25, 0.3) is 0 Å². The van der Waals surface area contributed by atoms with E-state index in [0.717, 1.165) is 26.2 Å². The molecule has 0 fully saturated rings. The van der Waals surface area contributed by atoms with Crippen molar-refractivity contribution in [3.8, 4) is 0 Å². The molecule has 0 aromatic rings. The molecule has 14 heavy (non-hydrogen) atoms. The van der Waals surface area contributed by atoms with Crippen molar-refractivity contribution in [1.29, 1.82) is 0 Å². The van der Waals surface area contributed by atoms with Crippen LogP contribution in [0.2, 0.25) is 0 Å². The molecular weight excluding hydrogens is 178 g/mol. The maximum absolute atomic E-state index is 9.46. The molecule has 0 bridgehead atoms. The van der Waals surface area contributed by atoms with Gasteiger partial charge in [-0.05, 0) is 12.3 Å². The second-order valence-electron chi connectivity index (χ2n) is 3.98. The predicted molar refractivity (Wildman–Crippen MR) is 59.4 cm³/mol. The fourth-order valence-electron chi connectivity index (χ4n) is 0.978. The molecule has 0 aliphatic carbocycles. The Morgan fingerprint density at radius 2 is 2.00 bits per heavy atom. The maximum Gasteiger partial charge on any atom is 0.0687 e. The van der Waals surface area contributed by atoms with Crippen LogP contribution >= 0.6 is 0 Å². The Labute approximate surface area is 87.8 Å². The van der Waals surface area contributed by atoms with Crippen LogP contribution in [0.5, 0.6) is 0 Å².